The molecule has 35 heavy (non-hydrogen) atoms. The summed E-state index contributed by atoms with van der Waals surface area (Å²) in [6, 6.07) is 19.4. The fourth-order valence-corrected chi connectivity index (χ4v) is 4.34. The lowest BCUT2D eigenvalue weighted by Crippen LogP contribution is -2.26. The number of carbonyl (C=O) groups excluding carboxylic acids is 2. The Bertz CT molecular complexity index is 1160. The predicted octanol–water partition coefficient (Wildman–Crippen LogP) is 5.87. The number of carbonyl (C=O) groups is 2. The molecule has 0 aliphatic carbocycles. The number of anilines is 1. The van der Waals surface area contributed by atoms with Gasteiger partial charge in [-0.3, -0.25) is 9.59 Å². The van der Waals surface area contributed by atoms with Crippen molar-refractivity contribution in [3.63, 3.8) is 0 Å². The van der Waals surface area contributed by atoms with Crippen molar-refractivity contribution in [3.8, 4) is 11.5 Å². The third kappa shape index (κ3) is 7.79. The normalized spacial score (nSPS) is 10.5. The lowest BCUT2D eigenvalue weighted by molar-refractivity contribution is -0.114. The summed E-state index contributed by atoms with van der Waals surface area (Å²) in [5.41, 5.74) is 3.33. The molecule has 0 atom stereocenters. The van der Waals surface area contributed by atoms with Crippen molar-refractivity contribution in [2.24, 2.45) is 0 Å². The van der Waals surface area contributed by atoms with Gasteiger partial charge < -0.3 is 20.1 Å². The number of benzene rings is 3. The quantitative estimate of drug-likeness (QED) is 0.350. The zero-order chi connectivity index (χ0) is 25.2. The first-order chi connectivity index (χ1) is 16.9. The topological polar surface area (TPSA) is 76.7 Å². The molecule has 0 heterocycles. The van der Waals surface area contributed by atoms with Crippen LogP contribution >= 0.6 is 11.8 Å². The number of rotatable bonds is 11. The number of nitrogens with one attached hydrogen (secondary N) is 2. The highest BCUT2D eigenvalue weighted by atomic mass is 32.2. The maximum atomic E-state index is 12.8. The van der Waals surface area contributed by atoms with Crippen LogP contribution in [0.1, 0.15) is 42.3 Å². The first-order valence-electron chi connectivity index (χ1n) is 11.7. The highest BCUT2D eigenvalue weighted by Gasteiger charge is 2.13. The third-order valence-electron chi connectivity index (χ3n) is 5.11. The van der Waals surface area contributed by atoms with E-state index in [4.69, 9.17) is 9.47 Å². The molecule has 0 spiro atoms. The van der Waals surface area contributed by atoms with Gasteiger partial charge in [0.15, 0.2) is 11.5 Å². The Morgan fingerprint density at radius 2 is 1.60 bits per heavy atom. The van der Waals surface area contributed by atoms with Gasteiger partial charge in [-0.2, -0.15) is 0 Å². The molecular weight excluding hydrogens is 460 g/mol. The molecule has 0 fully saturated rings. The molecule has 0 unspecified atom stereocenters. The molecule has 0 radical (unpaired) electrons. The van der Waals surface area contributed by atoms with E-state index in [2.05, 4.69) is 10.6 Å². The third-order valence-corrected chi connectivity index (χ3v) is 6.19. The highest BCUT2D eigenvalue weighted by molar-refractivity contribution is 7.99. The second-order valence-corrected chi connectivity index (χ2v) is 9.08. The molecule has 2 N–H and O–H groups in total. The van der Waals surface area contributed by atoms with Crippen molar-refractivity contribution in [2.75, 3.05) is 25.1 Å². The van der Waals surface area contributed by atoms with E-state index in [9.17, 15) is 9.59 Å². The fourth-order valence-electron chi connectivity index (χ4n) is 3.45. The van der Waals surface area contributed by atoms with E-state index >= 15 is 0 Å². The molecule has 0 bridgehead atoms. The molecule has 184 valence electrons. The van der Waals surface area contributed by atoms with Crippen molar-refractivity contribution in [2.45, 2.75) is 43.9 Å². The standard InChI is InChI=1S/C28H32N2O4S/c1-5-33-25-13-9-21(17-26(25)34-6-2)15-16-29-28(32)22-10-14-27(24(18-22)30-20(4)31)35-23-11-7-19(3)8-12-23/h7-14,17-18H,5-6,15-16H2,1-4H3,(H,29,32)(H,30,31). The molecule has 3 aromatic carbocycles. The number of amides is 2. The van der Waals surface area contributed by atoms with Gasteiger partial charge in [0.25, 0.3) is 5.91 Å². The maximum Gasteiger partial charge on any atom is 0.251 e. The van der Waals surface area contributed by atoms with Gasteiger partial charge in [0, 0.05) is 28.8 Å². The van der Waals surface area contributed by atoms with Crippen LogP contribution < -0.4 is 20.1 Å². The van der Waals surface area contributed by atoms with Crippen LogP contribution in [-0.2, 0) is 11.2 Å². The van der Waals surface area contributed by atoms with Crippen LogP contribution in [0.25, 0.3) is 0 Å². The van der Waals surface area contributed by atoms with Crippen LogP contribution in [0, 0.1) is 6.92 Å². The monoisotopic (exact) mass is 492 g/mol. The van der Waals surface area contributed by atoms with Crippen LogP contribution in [0.3, 0.4) is 0 Å². The lowest BCUT2D eigenvalue weighted by atomic mass is 10.1. The van der Waals surface area contributed by atoms with Crippen LogP contribution in [0.2, 0.25) is 0 Å². The number of hydrogen-bond acceptors (Lipinski definition) is 5. The molecule has 0 aliphatic rings. The van der Waals surface area contributed by atoms with E-state index in [0.29, 0.717) is 43.2 Å². The van der Waals surface area contributed by atoms with E-state index in [1.165, 1.54) is 12.5 Å². The Balaban J connectivity index is 1.67. The van der Waals surface area contributed by atoms with Crippen LogP contribution in [0.15, 0.2) is 70.5 Å². The fraction of sp³-hybridized carbons (Fsp3) is 0.286. The number of aryl methyl sites for hydroxylation is 1. The Morgan fingerprint density at radius 3 is 2.29 bits per heavy atom. The smallest absolute Gasteiger partial charge is 0.251 e. The number of hydrogen-bond donors (Lipinski definition) is 2. The summed E-state index contributed by atoms with van der Waals surface area (Å²) in [7, 11) is 0. The highest BCUT2D eigenvalue weighted by Crippen LogP contribution is 2.34. The molecule has 0 aromatic heterocycles. The molecule has 6 nitrogen and oxygen atoms in total. The second-order valence-electron chi connectivity index (χ2n) is 7.96. The van der Waals surface area contributed by atoms with E-state index < -0.39 is 0 Å². The Labute approximate surface area is 211 Å². The summed E-state index contributed by atoms with van der Waals surface area (Å²) in [6.45, 7) is 8.95. The molecule has 0 saturated carbocycles. The summed E-state index contributed by atoms with van der Waals surface area (Å²) >= 11 is 1.54. The average molecular weight is 493 g/mol. The van der Waals surface area contributed by atoms with Gasteiger partial charge in [-0.25, -0.2) is 0 Å². The average Bonchev–Trinajstić information content (AvgIpc) is 2.83. The minimum atomic E-state index is -0.195. The van der Waals surface area contributed by atoms with Crippen molar-refractivity contribution in [3.05, 3.63) is 77.4 Å². The zero-order valence-electron chi connectivity index (χ0n) is 20.6. The molecule has 3 rings (SSSR count). The van der Waals surface area contributed by atoms with Gasteiger partial charge in [-0.15, -0.1) is 0 Å². The Kier molecular flexibility index (Phi) is 9.61. The Morgan fingerprint density at radius 1 is 0.886 bits per heavy atom. The van der Waals surface area contributed by atoms with Crippen LogP contribution in [-0.4, -0.2) is 31.6 Å². The predicted molar refractivity (Wildman–Crippen MR) is 141 cm³/mol. The summed E-state index contributed by atoms with van der Waals surface area (Å²) in [5, 5.41) is 5.81. The summed E-state index contributed by atoms with van der Waals surface area (Å²) in [5.74, 6) is 1.05. The van der Waals surface area contributed by atoms with E-state index in [1.54, 1.807) is 23.9 Å². The van der Waals surface area contributed by atoms with Gasteiger partial charge in [0.05, 0.1) is 18.9 Å². The van der Waals surface area contributed by atoms with Gasteiger partial charge in [-0.1, -0.05) is 35.5 Å². The van der Waals surface area contributed by atoms with E-state index in [1.807, 2.05) is 69.3 Å². The van der Waals surface area contributed by atoms with Crippen molar-refractivity contribution in [1.82, 2.24) is 5.32 Å². The largest absolute Gasteiger partial charge is 0.490 e. The summed E-state index contributed by atoms with van der Waals surface area (Å²) in [6.07, 6.45) is 0.651. The SMILES string of the molecule is CCOc1ccc(CCNC(=O)c2ccc(Sc3ccc(C)cc3)c(NC(C)=O)c2)cc1OCC. The van der Waals surface area contributed by atoms with Gasteiger partial charge in [-0.05, 0) is 75.2 Å². The molecule has 2 amide bonds. The first-order valence-corrected chi connectivity index (χ1v) is 12.5. The molecule has 3 aromatic rings. The second kappa shape index (κ2) is 12.9. The minimum absolute atomic E-state index is 0.186. The van der Waals surface area contributed by atoms with Crippen molar-refractivity contribution < 1.29 is 19.1 Å². The van der Waals surface area contributed by atoms with E-state index in [-0.39, 0.29) is 11.8 Å². The van der Waals surface area contributed by atoms with Gasteiger partial charge in [0.1, 0.15) is 0 Å². The van der Waals surface area contributed by atoms with Gasteiger partial charge in [0.2, 0.25) is 5.91 Å². The molecular formula is C28H32N2O4S. The van der Waals surface area contributed by atoms with Crippen LogP contribution in [0.4, 0.5) is 5.69 Å². The lowest BCUT2D eigenvalue weighted by Gasteiger charge is -2.13. The van der Waals surface area contributed by atoms with Crippen molar-refractivity contribution in [1.29, 1.82) is 0 Å². The Hall–Kier alpha value is -3.45. The zero-order valence-corrected chi connectivity index (χ0v) is 21.5. The molecule has 7 heteroatoms. The van der Waals surface area contributed by atoms with Crippen molar-refractivity contribution >= 4 is 29.3 Å². The van der Waals surface area contributed by atoms with E-state index in [0.717, 1.165) is 21.1 Å². The minimum Gasteiger partial charge on any atom is -0.490 e. The van der Waals surface area contributed by atoms with Gasteiger partial charge >= 0.3 is 0 Å². The maximum absolute atomic E-state index is 12.8. The van der Waals surface area contributed by atoms with Crippen LogP contribution in [0.5, 0.6) is 11.5 Å². The molecule has 0 aliphatic heterocycles. The number of ether oxygens (including phenoxy) is 2. The molecule has 0 saturated heterocycles. The first kappa shape index (κ1) is 26.2. The summed E-state index contributed by atoms with van der Waals surface area (Å²) in [4.78, 5) is 26.5. The summed E-state index contributed by atoms with van der Waals surface area (Å²) < 4.78 is 11.3.